The molecule has 164 valence electrons. The Morgan fingerprint density at radius 2 is 1.78 bits per heavy atom. The maximum absolute atomic E-state index is 12.6. The number of rotatable bonds is 6. The van der Waals surface area contributed by atoms with Crippen LogP contribution in [-0.4, -0.2) is 29.6 Å². The number of amides is 1. The van der Waals surface area contributed by atoms with Gasteiger partial charge in [-0.3, -0.25) is 9.36 Å². The van der Waals surface area contributed by atoms with E-state index in [2.05, 4.69) is 5.32 Å². The largest absolute Gasteiger partial charge is 0.325 e. The molecule has 0 fully saturated rings. The summed E-state index contributed by atoms with van der Waals surface area (Å²) in [6, 6.07) is 20.6. The van der Waals surface area contributed by atoms with Gasteiger partial charge >= 0.3 is 0 Å². The van der Waals surface area contributed by atoms with Gasteiger partial charge in [0.15, 0.2) is 5.16 Å². The predicted octanol–water partition coefficient (Wildman–Crippen LogP) is 4.02. The van der Waals surface area contributed by atoms with Crippen molar-refractivity contribution in [2.24, 2.45) is 5.14 Å². The van der Waals surface area contributed by atoms with Crippen LogP contribution in [0.5, 0.6) is 0 Å². The molecule has 7 nitrogen and oxygen atoms in total. The minimum absolute atomic E-state index is 0.0101. The zero-order chi connectivity index (χ0) is 22.9. The molecule has 0 aliphatic carbocycles. The van der Waals surface area contributed by atoms with Crippen molar-refractivity contribution >= 4 is 44.4 Å². The fourth-order valence-electron chi connectivity index (χ4n) is 3.36. The third kappa shape index (κ3) is 4.69. The Labute approximate surface area is 190 Å². The van der Waals surface area contributed by atoms with Gasteiger partial charge in [-0.25, -0.2) is 18.5 Å². The number of imidazole rings is 1. The Bertz CT molecular complexity index is 1410. The Hall–Kier alpha value is -3.14. The van der Waals surface area contributed by atoms with Crippen LogP contribution < -0.4 is 10.5 Å². The fourth-order valence-corrected chi connectivity index (χ4v) is 4.99. The lowest BCUT2D eigenvalue weighted by Crippen LogP contribution is -2.17. The molecule has 0 saturated carbocycles. The third-order valence-corrected chi connectivity index (χ3v) is 6.92. The Kier molecular flexibility index (Phi) is 6.05. The Morgan fingerprint density at radius 3 is 2.50 bits per heavy atom. The van der Waals surface area contributed by atoms with E-state index >= 15 is 0 Å². The number of nitrogens with two attached hydrogens (primary N) is 1. The zero-order valence-corrected chi connectivity index (χ0v) is 19.2. The molecule has 1 amide bonds. The number of primary sulfonamides is 1. The number of hydrogen-bond donors (Lipinski definition) is 2. The second-order valence-corrected chi connectivity index (χ2v) is 9.89. The van der Waals surface area contributed by atoms with Crippen molar-refractivity contribution in [3.05, 3.63) is 77.9 Å². The van der Waals surface area contributed by atoms with Crippen molar-refractivity contribution in [3.63, 3.8) is 0 Å². The average Bonchev–Trinajstić information content (AvgIpc) is 3.12. The van der Waals surface area contributed by atoms with Crippen molar-refractivity contribution in [2.75, 3.05) is 11.1 Å². The van der Waals surface area contributed by atoms with Crippen LogP contribution in [0.1, 0.15) is 11.1 Å². The number of anilines is 1. The monoisotopic (exact) mass is 466 g/mol. The lowest BCUT2D eigenvalue weighted by Gasteiger charge is -2.10. The molecule has 32 heavy (non-hydrogen) atoms. The molecule has 1 aromatic heterocycles. The second kappa shape index (κ2) is 8.78. The average molecular weight is 467 g/mol. The van der Waals surface area contributed by atoms with Gasteiger partial charge < -0.3 is 5.32 Å². The summed E-state index contributed by atoms with van der Waals surface area (Å²) in [6.45, 7) is 3.68. The quantitative estimate of drug-likeness (QED) is 0.417. The van der Waals surface area contributed by atoms with Gasteiger partial charge in [0, 0.05) is 11.4 Å². The number of aryl methyl sites for hydroxylation is 2. The molecule has 0 spiro atoms. The summed E-state index contributed by atoms with van der Waals surface area (Å²) in [7, 11) is -3.87. The standard InChI is InChI=1S/C23H22N4O3S2/c1-15-7-11-18(12-8-15)27-20-6-4-3-5-19(20)26-23(27)31-14-22(28)25-17-10-9-16(2)21(13-17)32(24,29)30/h3-13H,14H2,1-2H3,(H,25,28)(H2,24,29,30). The highest BCUT2D eigenvalue weighted by atomic mass is 32.2. The SMILES string of the molecule is Cc1ccc(-n2c(SCC(=O)Nc3ccc(C)c(S(N)(=O)=O)c3)nc3ccccc32)cc1. The minimum Gasteiger partial charge on any atom is -0.325 e. The first-order valence-corrected chi connectivity index (χ1v) is 12.4. The van der Waals surface area contributed by atoms with Gasteiger partial charge in [-0.15, -0.1) is 0 Å². The van der Waals surface area contributed by atoms with E-state index in [1.165, 1.54) is 17.8 Å². The van der Waals surface area contributed by atoms with Crippen molar-refractivity contribution < 1.29 is 13.2 Å². The topological polar surface area (TPSA) is 107 Å². The van der Waals surface area contributed by atoms with Gasteiger partial charge in [-0.05, 0) is 55.8 Å². The molecule has 4 rings (SSSR count). The molecule has 0 atom stereocenters. The highest BCUT2D eigenvalue weighted by Crippen LogP contribution is 2.28. The van der Waals surface area contributed by atoms with E-state index in [4.69, 9.17) is 10.1 Å². The molecule has 0 bridgehead atoms. The Morgan fingerprint density at radius 1 is 1.06 bits per heavy atom. The molecule has 4 aromatic rings. The van der Waals surface area contributed by atoms with E-state index in [1.807, 2.05) is 60.0 Å². The van der Waals surface area contributed by atoms with Crippen molar-refractivity contribution in [1.82, 2.24) is 9.55 Å². The molecular weight excluding hydrogens is 444 g/mol. The smallest absolute Gasteiger partial charge is 0.238 e. The number of nitrogens with one attached hydrogen (secondary N) is 1. The number of benzene rings is 3. The van der Waals surface area contributed by atoms with Crippen LogP contribution in [0.4, 0.5) is 5.69 Å². The summed E-state index contributed by atoms with van der Waals surface area (Å²) in [5.74, 6) is -0.171. The van der Waals surface area contributed by atoms with Gasteiger partial charge in [-0.2, -0.15) is 0 Å². The maximum atomic E-state index is 12.6. The number of thioether (sulfide) groups is 1. The van der Waals surface area contributed by atoms with Crippen LogP contribution in [-0.2, 0) is 14.8 Å². The van der Waals surface area contributed by atoms with Gasteiger partial charge in [0.1, 0.15) is 0 Å². The highest BCUT2D eigenvalue weighted by molar-refractivity contribution is 7.99. The molecule has 0 radical (unpaired) electrons. The lowest BCUT2D eigenvalue weighted by molar-refractivity contribution is -0.113. The molecule has 3 N–H and O–H groups in total. The van der Waals surface area contributed by atoms with Gasteiger partial charge in [-0.1, -0.05) is 47.7 Å². The number of carbonyl (C=O) groups is 1. The first kappa shape index (κ1) is 22.1. The predicted molar refractivity (Wildman–Crippen MR) is 128 cm³/mol. The van der Waals surface area contributed by atoms with E-state index in [-0.39, 0.29) is 16.6 Å². The van der Waals surface area contributed by atoms with Gasteiger partial charge in [0.25, 0.3) is 0 Å². The van der Waals surface area contributed by atoms with Crippen LogP contribution >= 0.6 is 11.8 Å². The van der Waals surface area contributed by atoms with Crippen molar-refractivity contribution in [2.45, 2.75) is 23.9 Å². The van der Waals surface area contributed by atoms with Crippen LogP contribution in [0.25, 0.3) is 16.7 Å². The number of sulfonamides is 1. The summed E-state index contributed by atoms with van der Waals surface area (Å²) >= 11 is 1.31. The molecular formula is C23H22N4O3S2. The van der Waals surface area contributed by atoms with Crippen LogP contribution in [0.15, 0.2) is 76.8 Å². The molecule has 0 unspecified atom stereocenters. The summed E-state index contributed by atoms with van der Waals surface area (Å²) in [4.78, 5) is 17.3. The third-order valence-electron chi connectivity index (χ3n) is 4.93. The zero-order valence-electron chi connectivity index (χ0n) is 17.6. The lowest BCUT2D eigenvalue weighted by atomic mass is 10.2. The van der Waals surface area contributed by atoms with Crippen molar-refractivity contribution in [1.29, 1.82) is 0 Å². The van der Waals surface area contributed by atoms with E-state index in [0.29, 0.717) is 16.4 Å². The number of para-hydroxylation sites is 2. The fraction of sp³-hybridized carbons (Fsp3) is 0.130. The highest BCUT2D eigenvalue weighted by Gasteiger charge is 2.16. The molecule has 1 heterocycles. The van der Waals surface area contributed by atoms with E-state index in [9.17, 15) is 13.2 Å². The van der Waals surface area contributed by atoms with Gasteiger partial charge in [0.05, 0.1) is 21.7 Å². The van der Waals surface area contributed by atoms with E-state index < -0.39 is 10.0 Å². The summed E-state index contributed by atoms with van der Waals surface area (Å²) in [6.07, 6.45) is 0. The maximum Gasteiger partial charge on any atom is 0.238 e. The second-order valence-electron chi connectivity index (χ2n) is 7.42. The van der Waals surface area contributed by atoms with Crippen LogP contribution in [0.2, 0.25) is 0 Å². The normalized spacial score (nSPS) is 11.6. The van der Waals surface area contributed by atoms with E-state index in [1.54, 1.807) is 19.1 Å². The van der Waals surface area contributed by atoms with Gasteiger partial charge in [0.2, 0.25) is 15.9 Å². The molecule has 9 heteroatoms. The number of aromatic nitrogens is 2. The number of carbonyl (C=O) groups excluding carboxylic acids is 1. The molecule has 0 saturated heterocycles. The van der Waals surface area contributed by atoms with E-state index in [0.717, 1.165) is 22.3 Å². The summed E-state index contributed by atoms with van der Waals surface area (Å²) < 4.78 is 25.5. The molecule has 0 aliphatic rings. The minimum atomic E-state index is -3.87. The first-order valence-electron chi connectivity index (χ1n) is 9.83. The summed E-state index contributed by atoms with van der Waals surface area (Å²) in [5, 5.41) is 8.68. The van der Waals surface area contributed by atoms with Crippen LogP contribution in [0, 0.1) is 13.8 Å². The molecule has 0 aliphatic heterocycles. The summed E-state index contributed by atoms with van der Waals surface area (Å²) in [5.41, 5.74) is 4.80. The van der Waals surface area contributed by atoms with Crippen molar-refractivity contribution in [3.8, 4) is 5.69 Å². The first-order chi connectivity index (χ1) is 15.2. The number of nitrogens with zero attached hydrogens (tertiary/aromatic N) is 2. The number of fused-ring (bicyclic) bond motifs is 1. The number of hydrogen-bond acceptors (Lipinski definition) is 5. The Balaban J connectivity index is 1.57. The van der Waals surface area contributed by atoms with Crippen LogP contribution in [0.3, 0.4) is 0 Å². The molecule has 3 aromatic carbocycles.